The second-order valence-corrected chi connectivity index (χ2v) is 26.4. The number of phosphoric acid groups is 2. The van der Waals surface area contributed by atoms with Crippen LogP contribution in [0.1, 0.15) is 311 Å². The zero-order valence-electron chi connectivity index (χ0n) is 52.8. The molecule has 486 valence electrons. The van der Waals surface area contributed by atoms with Crippen molar-refractivity contribution in [1.29, 1.82) is 0 Å². The van der Waals surface area contributed by atoms with Gasteiger partial charge in [-0.05, 0) is 37.5 Å². The Kier molecular flexibility index (Phi) is 54.3. The lowest BCUT2D eigenvalue weighted by atomic mass is 9.99. The van der Waals surface area contributed by atoms with Crippen molar-refractivity contribution in [2.75, 3.05) is 39.6 Å². The Morgan fingerprint density at radius 1 is 0.354 bits per heavy atom. The summed E-state index contributed by atoms with van der Waals surface area (Å²) in [6, 6.07) is 0. The number of hydrogen-bond donors (Lipinski definition) is 3. The zero-order chi connectivity index (χ0) is 60.8. The Hall–Kier alpha value is -1.94. The second kappa shape index (κ2) is 55.6. The van der Waals surface area contributed by atoms with E-state index in [2.05, 4.69) is 41.5 Å². The summed E-state index contributed by atoms with van der Waals surface area (Å²) >= 11 is 0. The molecule has 0 aromatic carbocycles. The van der Waals surface area contributed by atoms with Gasteiger partial charge in [-0.3, -0.25) is 37.3 Å². The standard InChI is InChI=1S/C63H122O17P2/c1-7-10-12-14-16-18-20-22-26-33-39-45-60(65)73-51-58(80-63(68)48-42-36-28-24-23-25-32-38-44-56(6)9-3)53-77-81(69,70)75-49-57(64)50-76-82(71,72)78-54-59(52-74-61(66)46-40-34-30-29-31-37-43-55(4)5)79-62(67)47-41-35-27-21-19-17-15-13-11-8-2/h55-59,64H,7-54H2,1-6H3,(H,69,70)(H,71,72)/t56?,57-,58-,59-/m1/s1. The van der Waals surface area contributed by atoms with E-state index in [0.29, 0.717) is 31.6 Å². The molecule has 0 saturated heterocycles. The summed E-state index contributed by atoms with van der Waals surface area (Å²) in [6.45, 7) is 9.39. The van der Waals surface area contributed by atoms with Crippen molar-refractivity contribution in [3.05, 3.63) is 0 Å². The maximum atomic E-state index is 13.0. The molecule has 0 aromatic rings. The smallest absolute Gasteiger partial charge is 0.462 e. The van der Waals surface area contributed by atoms with Crippen molar-refractivity contribution in [2.24, 2.45) is 11.8 Å². The lowest BCUT2D eigenvalue weighted by Crippen LogP contribution is -2.30. The molecule has 0 aromatic heterocycles. The van der Waals surface area contributed by atoms with Gasteiger partial charge in [0.1, 0.15) is 19.3 Å². The lowest BCUT2D eigenvalue weighted by molar-refractivity contribution is -0.161. The monoisotopic (exact) mass is 1210 g/mol. The molecular formula is C63H122O17P2. The number of carbonyl (C=O) groups is 4. The van der Waals surface area contributed by atoms with Gasteiger partial charge in [0.15, 0.2) is 12.2 Å². The van der Waals surface area contributed by atoms with E-state index in [1.165, 1.54) is 122 Å². The molecule has 6 atom stereocenters. The molecule has 0 aliphatic carbocycles. The average molecular weight is 1210 g/mol. The van der Waals surface area contributed by atoms with Gasteiger partial charge in [0.25, 0.3) is 0 Å². The molecule has 82 heavy (non-hydrogen) atoms. The van der Waals surface area contributed by atoms with Gasteiger partial charge in [0, 0.05) is 25.7 Å². The van der Waals surface area contributed by atoms with Crippen molar-refractivity contribution < 1.29 is 80.2 Å². The maximum absolute atomic E-state index is 13.0. The summed E-state index contributed by atoms with van der Waals surface area (Å²) in [5.74, 6) is -0.688. The normalized spacial score (nSPS) is 14.7. The highest BCUT2D eigenvalue weighted by Crippen LogP contribution is 2.45. The molecule has 0 amide bonds. The number of phosphoric ester groups is 2. The molecule has 0 saturated carbocycles. The quantitative estimate of drug-likeness (QED) is 0.0222. The summed E-state index contributed by atoms with van der Waals surface area (Å²) < 4.78 is 67.9. The molecule has 3 unspecified atom stereocenters. The Morgan fingerprint density at radius 2 is 0.622 bits per heavy atom. The Balaban J connectivity index is 5.25. The molecule has 3 N–H and O–H groups in total. The number of unbranched alkanes of at least 4 members (excludes halogenated alkanes) is 31. The summed E-state index contributed by atoms with van der Waals surface area (Å²) in [7, 11) is -9.88. The van der Waals surface area contributed by atoms with Crippen LogP contribution in [-0.2, 0) is 65.4 Å². The topological polar surface area (TPSA) is 237 Å². The van der Waals surface area contributed by atoms with Crippen molar-refractivity contribution in [1.82, 2.24) is 0 Å². The third-order valence-electron chi connectivity index (χ3n) is 14.8. The minimum absolute atomic E-state index is 0.105. The number of carbonyl (C=O) groups excluding carboxylic acids is 4. The third-order valence-corrected chi connectivity index (χ3v) is 16.7. The van der Waals surface area contributed by atoms with E-state index >= 15 is 0 Å². The van der Waals surface area contributed by atoms with Gasteiger partial charge in [0.2, 0.25) is 0 Å². The second-order valence-electron chi connectivity index (χ2n) is 23.5. The van der Waals surface area contributed by atoms with Crippen molar-refractivity contribution in [2.45, 2.75) is 330 Å². The minimum atomic E-state index is -4.94. The lowest BCUT2D eigenvalue weighted by Gasteiger charge is -2.21. The number of ether oxygens (including phenoxy) is 4. The molecule has 19 heteroatoms. The molecule has 0 bridgehead atoms. The van der Waals surface area contributed by atoms with Crippen molar-refractivity contribution >= 4 is 39.5 Å². The fourth-order valence-corrected chi connectivity index (χ4v) is 10.9. The molecule has 0 aliphatic heterocycles. The van der Waals surface area contributed by atoms with E-state index in [4.69, 9.17) is 37.0 Å². The van der Waals surface area contributed by atoms with Gasteiger partial charge in [-0.25, -0.2) is 9.13 Å². The Bertz CT molecular complexity index is 1620. The number of rotatable bonds is 62. The number of hydrogen-bond acceptors (Lipinski definition) is 15. The van der Waals surface area contributed by atoms with E-state index in [-0.39, 0.29) is 25.7 Å². The van der Waals surface area contributed by atoms with Crippen molar-refractivity contribution in [3.63, 3.8) is 0 Å². The van der Waals surface area contributed by atoms with Gasteiger partial charge in [-0.2, -0.15) is 0 Å². The van der Waals surface area contributed by atoms with E-state index in [1.807, 2.05) is 0 Å². The van der Waals surface area contributed by atoms with Crippen LogP contribution in [0.2, 0.25) is 0 Å². The average Bonchev–Trinajstić information content (AvgIpc) is 3.44. The van der Waals surface area contributed by atoms with Crippen LogP contribution >= 0.6 is 15.6 Å². The van der Waals surface area contributed by atoms with E-state index < -0.39 is 97.5 Å². The largest absolute Gasteiger partial charge is 0.472 e. The first-order chi connectivity index (χ1) is 39.4. The molecule has 0 spiro atoms. The van der Waals surface area contributed by atoms with Crippen LogP contribution in [0.15, 0.2) is 0 Å². The van der Waals surface area contributed by atoms with Crippen molar-refractivity contribution in [3.8, 4) is 0 Å². The van der Waals surface area contributed by atoms with Crippen LogP contribution in [0, 0.1) is 11.8 Å². The van der Waals surface area contributed by atoms with Crippen LogP contribution in [0.5, 0.6) is 0 Å². The van der Waals surface area contributed by atoms with Crippen LogP contribution in [0.25, 0.3) is 0 Å². The maximum Gasteiger partial charge on any atom is 0.472 e. The highest BCUT2D eigenvalue weighted by Gasteiger charge is 2.30. The summed E-state index contributed by atoms with van der Waals surface area (Å²) in [5, 5.41) is 10.5. The highest BCUT2D eigenvalue weighted by atomic mass is 31.2. The fourth-order valence-electron chi connectivity index (χ4n) is 9.32. The van der Waals surface area contributed by atoms with E-state index in [9.17, 15) is 43.2 Å². The van der Waals surface area contributed by atoms with Gasteiger partial charge in [0.05, 0.1) is 26.4 Å². The predicted molar refractivity (Wildman–Crippen MR) is 326 cm³/mol. The third kappa shape index (κ3) is 55.9. The molecule has 0 fully saturated rings. The molecule has 0 heterocycles. The fraction of sp³-hybridized carbons (Fsp3) is 0.937. The number of esters is 4. The van der Waals surface area contributed by atoms with Crippen LogP contribution in [-0.4, -0.2) is 96.7 Å². The SMILES string of the molecule is CCCCCCCCCCCCCC(=O)OC[C@H](COP(=O)(O)OC[C@@H](O)COP(=O)(O)OC[C@@H](COC(=O)CCCCCCCCC(C)C)OC(=O)CCCCCCCCCCCC)OC(=O)CCCCCCCCCCC(C)CC. The Labute approximate surface area is 498 Å². The number of aliphatic hydroxyl groups is 1. The van der Waals surface area contributed by atoms with Crippen LogP contribution in [0.4, 0.5) is 0 Å². The summed E-state index contributed by atoms with van der Waals surface area (Å²) in [5.41, 5.74) is 0. The minimum Gasteiger partial charge on any atom is -0.462 e. The van der Waals surface area contributed by atoms with Gasteiger partial charge in [-0.1, -0.05) is 260 Å². The van der Waals surface area contributed by atoms with Crippen LogP contribution in [0.3, 0.4) is 0 Å². The van der Waals surface area contributed by atoms with Gasteiger partial charge in [-0.15, -0.1) is 0 Å². The zero-order valence-corrected chi connectivity index (χ0v) is 54.6. The summed E-state index contributed by atoms with van der Waals surface area (Å²) in [6.07, 6.45) is 37.6. The Morgan fingerprint density at radius 3 is 0.927 bits per heavy atom. The highest BCUT2D eigenvalue weighted by molar-refractivity contribution is 7.47. The molecule has 0 aliphatic rings. The van der Waals surface area contributed by atoms with E-state index in [0.717, 1.165) is 102 Å². The predicted octanol–water partition coefficient (Wildman–Crippen LogP) is 17.3. The summed E-state index contributed by atoms with van der Waals surface area (Å²) in [4.78, 5) is 72.1. The first-order valence-corrected chi connectivity index (χ1v) is 36.0. The van der Waals surface area contributed by atoms with E-state index in [1.54, 1.807) is 0 Å². The first-order valence-electron chi connectivity index (χ1n) is 33.0. The molecule has 0 rings (SSSR count). The number of aliphatic hydroxyl groups excluding tert-OH is 1. The molecule has 0 radical (unpaired) electrons. The van der Waals surface area contributed by atoms with Gasteiger partial charge >= 0.3 is 39.5 Å². The first kappa shape index (κ1) is 80.1. The molecule has 17 nitrogen and oxygen atoms in total. The van der Waals surface area contributed by atoms with Crippen LogP contribution < -0.4 is 0 Å². The molecular weight excluding hydrogens is 1090 g/mol. The van der Waals surface area contributed by atoms with Gasteiger partial charge < -0.3 is 33.8 Å².